The summed E-state index contributed by atoms with van der Waals surface area (Å²) >= 11 is 3.39. The number of rotatable bonds is 23. The molecule has 100 heavy (non-hydrogen) atoms. The van der Waals surface area contributed by atoms with Gasteiger partial charge in [0, 0.05) is 159 Å². The van der Waals surface area contributed by atoms with Crippen molar-refractivity contribution in [2.45, 2.75) is 294 Å². The standard InChI is InChI=1S/C27H39F2N5OS.C26H38F2N6O.C22H33N5OS/c1-17(2)25-32-31-18(3)34(25)22-15-20-6-7-21(16-22)33(20)13-10-23(24-5-4-14-36-24)30-26(35)19-8-11-27(28,29)12-9-19;1-18(2)24-32-31-19(3)34(24)22-8-14-33(15-9-22)16-10-23(21-5-4-13-29-17-21)30-25(35)20-6-11-26(27,28)12-7-20;1-14(2)22-25-24-15(3)27(22)19-12-17-7-8-18(13-19)26(17)10-9-20(23-16(4)28)21-6-5-11-29-21/h4-5,14,17,19-23H,6-13,15-16H2,1-3H3,(H,30,35);4-5,13,17-18,20,22-23H,6-12,14-16H2,1-3H3,(H,30,35);5-6,11,14,17-20H,7-10,12-13H2,1-4H3,(H,23,28)/t;23-;/m.0./s1. The molecule has 11 heterocycles. The van der Waals surface area contributed by atoms with Crippen LogP contribution in [0.25, 0.3) is 0 Å². The zero-order chi connectivity index (χ0) is 71.0. The lowest BCUT2D eigenvalue weighted by Crippen LogP contribution is -2.45. The molecular formula is C75H110F4N16O3S2. The molecule has 0 radical (unpaired) electrons. The number of likely N-dealkylation sites (tertiary alicyclic amines) is 1. The molecule has 19 nitrogen and oxygen atoms in total. The monoisotopic (exact) mass is 1420 g/mol. The van der Waals surface area contributed by atoms with Crippen LogP contribution in [0.4, 0.5) is 17.6 Å². The first-order valence-electron chi connectivity index (χ1n) is 37.5. The Bertz CT molecular complexity index is 3520. The summed E-state index contributed by atoms with van der Waals surface area (Å²) in [5.41, 5.74) is 0.957. The lowest BCUT2D eigenvalue weighted by atomic mass is 9.86. The molecule has 3 amide bonds. The first-order valence-corrected chi connectivity index (χ1v) is 39.2. The van der Waals surface area contributed by atoms with E-state index in [0.717, 1.165) is 123 Å². The molecule has 6 aromatic rings. The number of amides is 3. The highest BCUT2D eigenvalue weighted by Crippen LogP contribution is 2.46. The number of thiophene rings is 2. The molecule has 7 fully saturated rings. The minimum atomic E-state index is -2.63. The molecule has 13 rings (SSSR count). The third-order valence-electron chi connectivity index (χ3n) is 22.7. The van der Waals surface area contributed by atoms with Crippen LogP contribution in [0.2, 0.25) is 0 Å². The average Bonchev–Trinajstić information content (AvgIpc) is 1.44. The maximum atomic E-state index is 13.6. The van der Waals surface area contributed by atoms with Crippen LogP contribution in [0.5, 0.6) is 0 Å². The minimum Gasteiger partial charge on any atom is -0.349 e. The largest absolute Gasteiger partial charge is 0.349 e. The molecule has 0 spiro atoms. The number of piperidine rings is 3. The van der Waals surface area contributed by atoms with Gasteiger partial charge in [-0.3, -0.25) is 29.2 Å². The smallest absolute Gasteiger partial charge is 0.248 e. The van der Waals surface area contributed by atoms with Crippen molar-refractivity contribution in [3.05, 3.63) is 110 Å². The van der Waals surface area contributed by atoms with E-state index >= 15 is 0 Å². The second-order valence-corrected chi connectivity index (χ2v) is 32.7. The van der Waals surface area contributed by atoms with Crippen LogP contribution in [0.15, 0.2) is 59.6 Å². The van der Waals surface area contributed by atoms with Gasteiger partial charge in [-0.2, -0.15) is 0 Å². The van der Waals surface area contributed by atoms with Crippen molar-refractivity contribution in [1.82, 2.24) is 79.9 Å². The van der Waals surface area contributed by atoms with Gasteiger partial charge < -0.3 is 34.6 Å². The number of hydrogen-bond donors (Lipinski definition) is 3. The molecule has 7 aliphatic rings. The van der Waals surface area contributed by atoms with E-state index in [2.05, 4.69) is 159 Å². The molecule has 6 aromatic heterocycles. The van der Waals surface area contributed by atoms with E-state index in [1.165, 1.54) is 43.4 Å². The van der Waals surface area contributed by atoms with Crippen LogP contribution in [-0.2, 0) is 14.4 Å². The van der Waals surface area contributed by atoms with Crippen molar-refractivity contribution < 1.29 is 31.9 Å². The zero-order valence-electron chi connectivity index (χ0n) is 60.7. The number of nitrogens with zero attached hydrogens (tertiary/aromatic N) is 13. The molecule has 5 saturated heterocycles. The Morgan fingerprint density at radius 1 is 0.490 bits per heavy atom. The highest BCUT2D eigenvalue weighted by Gasteiger charge is 2.45. The summed E-state index contributed by atoms with van der Waals surface area (Å²) < 4.78 is 61.4. The fraction of sp³-hybridized carbons (Fsp3) is 0.707. The van der Waals surface area contributed by atoms with Gasteiger partial charge in [-0.1, -0.05) is 59.7 Å². The lowest BCUT2D eigenvalue weighted by Gasteiger charge is -2.40. The highest BCUT2D eigenvalue weighted by atomic mass is 32.1. The van der Waals surface area contributed by atoms with Crippen LogP contribution in [0.1, 0.15) is 288 Å². The number of pyridine rings is 1. The average molecular weight is 1420 g/mol. The van der Waals surface area contributed by atoms with E-state index in [9.17, 15) is 31.9 Å². The number of hydrogen-bond acceptors (Lipinski definition) is 15. The van der Waals surface area contributed by atoms with Crippen LogP contribution in [0.3, 0.4) is 0 Å². The van der Waals surface area contributed by atoms with Crippen LogP contribution < -0.4 is 16.0 Å². The van der Waals surface area contributed by atoms with Gasteiger partial charge in [0.15, 0.2) is 0 Å². The minimum absolute atomic E-state index is 0.0503. The van der Waals surface area contributed by atoms with Crippen molar-refractivity contribution in [3.63, 3.8) is 0 Å². The summed E-state index contributed by atoms with van der Waals surface area (Å²) in [4.78, 5) is 52.1. The van der Waals surface area contributed by atoms with Crippen LogP contribution in [0, 0.1) is 32.6 Å². The van der Waals surface area contributed by atoms with Gasteiger partial charge in [0.1, 0.15) is 34.9 Å². The van der Waals surface area contributed by atoms with Gasteiger partial charge >= 0.3 is 0 Å². The molecule has 2 aliphatic carbocycles. The van der Waals surface area contributed by atoms with E-state index in [4.69, 9.17) is 0 Å². The van der Waals surface area contributed by atoms with Gasteiger partial charge in [-0.05, 0) is 164 Å². The summed E-state index contributed by atoms with van der Waals surface area (Å²) in [5, 5.41) is 40.1. The van der Waals surface area contributed by atoms with Gasteiger partial charge in [-0.25, -0.2) is 17.6 Å². The van der Waals surface area contributed by atoms with Gasteiger partial charge in [0.2, 0.25) is 29.6 Å². The van der Waals surface area contributed by atoms with E-state index < -0.39 is 11.8 Å². The van der Waals surface area contributed by atoms with Crippen molar-refractivity contribution >= 4 is 40.4 Å². The van der Waals surface area contributed by atoms with Gasteiger partial charge in [0.25, 0.3) is 0 Å². The lowest BCUT2D eigenvalue weighted by molar-refractivity contribution is -0.131. The van der Waals surface area contributed by atoms with Crippen LogP contribution in [-0.4, -0.2) is 150 Å². The van der Waals surface area contributed by atoms with E-state index in [1.54, 1.807) is 42.0 Å². The quantitative estimate of drug-likeness (QED) is 0.0512. The zero-order valence-corrected chi connectivity index (χ0v) is 62.3. The fourth-order valence-electron chi connectivity index (χ4n) is 17.5. The van der Waals surface area contributed by atoms with Crippen molar-refractivity contribution in [2.75, 3.05) is 32.7 Å². The molecular weight excluding hydrogens is 1310 g/mol. The molecule has 2 saturated carbocycles. The summed E-state index contributed by atoms with van der Waals surface area (Å²) in [6.45, 7) is 25.7. The van der Waals surface area contributed by atoms with Gasteiger partial charge in [0.05, 0.1) is 18.1 Å². The Balaban J connectivity index is 0.000000152. The third kappa shape index (κ3) is 18.7. The third-order valence-corrected chi connectivity index (χ3v) is 24.7. The second-order valence-electron chi connectivity index (χ2n) is 30.8. The number of halogens is 4. The Labute approximate surface area is 597 Å². The maximum absolute atomic E-state index is 13.6. The normalized spacial score (nSPS) is 24.5. The molecule has 548 valence electrons. The summed E-state index contributed by atoms with van der Waals surface area (Å²) in [5.74, 6) is 1.39. The Hall–Kier alpha value is -6.02. The molecule has 3 N–H and O–H groups in total. The number of aryl methyl sites for hydroxylation is 3. The number of carbonyl (C=O) groups is 3. The maximum Gasteiger partial charge on any atom is 0.248 e. The number of alkyl halides is 4. The van der Waals surface area contributed by atoms with Crippen molar-refractivity contribution in [1.29, 1.82) is 0 Å². The molecule has 25 heteroatoms. The van der Waals surface area contributed by atoms with E-state index in [0.29, 0.717) is 60.0 Å². The molecule has 0 aromatic carbocycles. The Kier molecular flexibility index (Phi) is 25.3. The molecule has 4 bridgehead atoms. The topological polar surface area (TPSA) is 202 Å². The number of nitrogens with one attached hydrogen (secondary N) is 3. The highest BCUT2D eigenvalue weighted by molar-refractivity contribution is 7.10. The number of fused-ring (bicyclic) bond motifs is 4. The number of carbonyl (C=O) groups excluding carboxylic acids is 3. The molecule has 6 unspecified atom stereocenters. The first-order chi connectivity index (χ1) is 47.9. The molecule has 7 atom stereocenters. The number of aromatic nitrogens is 10. The predicted octanol–water partition coefficient (Wildman–Crippen LogP) is 15.0. The molecule has 5 aliphatic heterocycles. The Morgan fingerprint density at radius 3 is 1.25 bits per heavy atom. The summed E-state index contributed by atoms with van der Waals surface area (Å²) in [7, 11) is 0. The van der Waals surface area contributed by atoms with Crippen LogP contribution >= 0.6 is 22.7 Å². The first kappa shape index (κ1) is 75.1. The summed E-state index contributed by atoms with van der Waals surface area (Å²) in [6, 6.07) is 15.7. The predicted molar refractivity (Wildman–Crippen MR) is 384 cm³/mol. The SMILES string of the molecule is CC(=O)NC(CCN1C2CCC1CC(n1c(C)nnc1C(C)C)C2)c1cccs1.Cc1nnc(C(C)C)n1C1CC2CCC(C1)N2CCC(NC(=O)C1CCC(F)(F)CC1)c1cccs1.Cc1nnc(C(C)C)n1C1CCN(CC[C@H](NC(=O)C2CCC(F)(F)CC2)c2cccnc2)CC1. The van der Waals surface area contributed by atoms with E-state index in [-0.39, 0.29) is 99.0 Å². The van der Waals surface area contributed by atoms with Crippen molar-refractivity contribution in [3.8, 4) is 0 Å². The summed E-state index contributed by atoms with van der Waals surface area (Å²) in [6.07, 6.45) is 18.0. The second kappa shape index (κ2) is 33.6. The van der Waals surface area contributed by atoms with Gasteiger partial charge in [-0.15, -0.1) is 53.3 Å². The Morgan fingerprint density at radius 2 is 0.880 bits per heavy atom. The van der Waals surface area contributed by atoms with Crippen molar-refractivity contribution in [2.24, 2.45) is 11.8 Å². The fourth-order valence-corrected chi connectivity index (χ4v) is 19.1. The van der Waals surface area contributed by atoms with E-state index in [1.807, 2.05) is 30.5 Å².